The zero-order chi connectivity index (χ0) is 10.8. The lowest BCUT2D eigenvalue weighted by atomic mass is 10.3. The van der Waals surface area contributed by atoms with Gasteiger partial charge in [0.1, 0.15) is 18.5 Å². The first-order valence-corrected chi connectivity index (χ1v) is 5.89. The molecule has 2 aromatic heterocycles. The highest BCUT2D eigenvalue weighted by Gasteiger charge is 2.02. The Morgan fingerprint density at radius 1 is 1.19 bits per heavy atom. The summed E-state index contributed by atoms with van der Waals surface area (Å²) in [5, 5.41) is 2.05. The third-order valence-electron chi connectivity index (χ3n) is 2.35. The van der Waals surface area contributed by atoms with Crippen LogP contribution in [0.3, 0.4) is 0 Å². The van der Waals surface area contributed by atoms with Crippen LogP contribution in [0.4, 0.5) is 0 Å². The summed E-state index contributed by atoms with van der Waals surface area (Å²) >= 11 is 1.69. The van der Waals surface area contributed by atoms with E-state index in [0.29, 0.717) is 6.61 Å². The molecular weight excluding hydrogens is 220 g/mol. The number of aromatic nitrogens is 2. The fraction of sp³-hybridized carbons (Fsp3) is 0.0833. The van der Waals surface area contributed by atoms with E-state index in [0.717, 1.165) is 11.0 Å². The van der Waals surface area contributed by atoms with Gasteiger partial charge in [0.15, 0.2) is 0 Å². The van der Waals surface area contributed by atoms with Crippen molar-refractivity contribution in [3.63, 3.8) is 0 Å². The maximum atomic E-state index is 5.67. The fourth-order valence-corrected chi connectivity index (χ4v) is 2.18. The van der Waals surface area contributed by atoms with E-state index in [1.807, 2.05) is 35.7 Å². The average Bonchev–Trinajstić information content (AvgIpc) is 2.96. The smallest absolute Gasteiger partial charge is 0.149 e. The molecule has 0 aliphatic heterocycles. The van der Waals surface area contributed by atoms with Crippen molar-refractivity contribution in [1.82, 2.24) is 9.71 Å². The highest BCUT2D eigenvalue weighted by atomic mass is 32.1. The highest BCUT2D eigenvalue weighted by Crippen LogP contribution is 2.12. The first-order valence-electron chi connectivity index (χ1n) is 5.01. The lowest BCUT2D eigenvalue weighted by molar-refractivity contribution is 0.108. The van der Waals surface area contributed by atoms with Gasteiger partial charge in [0.2, 0.25) is 0 Å². The molecule has 0 bridgehead atoms. The molecule has 3 rings (SSSR count). The molecule has 0 amide bonds. The van der Waals surface area contributed by atoms with Crippen molar-refractivity contribution in [2.75, 3.05) is 0 Å². The normalized spacial score (nSPS) is 10.8. The van der Waals surface area contributed by atoms with Crippen molar-refractivity contribution in [2.24, 2.45) is 0 Å². The van der Waals surface area contributed by atoms with Crippen LogP contribution in [-0.2, 0) is 6.61 Å². The molecule has 0 fully saturated rings. The van der Waals surface area contributed by atoms with Crippen LogP contribution in [0.25, 0.3) is 11.0 Å². The van der Waals surface area contributed by atoms with Crippen molar-refractivity contribution < 1.29 is 4.84 Å². The van der Waals surface area contributed by atoms with Gasteiger partial charge in [0.05, 0.1) is 5.52 Å². The van der Waals surface area contributed by atoms with E-state index in [4.69, 9.17) is 4.84 Å². The Balaban J connectivity index is 1.84. The molecule has 16 heavy (non-hydrogen) atoms. The van der Waals surface area contributed by atoms with Crippen LogP contribution in [0, 0.1) is 0 Å². The van der Waals surface area contributed by atoms with Gasteiger partial charge in [-0.25, -0.2) is 4.98 Å². The molecule has 0 saturated heterocycles. The Hall–Kier alpha value is -1.81. The number of thiophene rings is 1. The monoisotopic (exact) mass is 230 g/mol. The van der Waals surface area contributed by atoms with Crippen molar-refractivity contribution in [3.8, 4) is 0 Å². The van der Waals surface area contributed by atoms with Gasteiger partial charge < -0.3 is 4.84 Å². The average molecular weight is 230 g/mol. The topological polar surface area (TPSA) is 27.1 Å². The molecular formula is C12H10N2OS. The predicted molar refractivity (Wildman–Crippen MR) is 64.3 cm³/mol. The number of rotatable bonds is 3. The summed E-state index contributed by atoms with van der Waals surface area (Å²) in [6, 6.07) is 12.0. The second kappa shape index (κ2) is 3.98. The molecule has 0 atom stereocenters. The first-order chi connectivity index (χ1) is 7.93. The summed E-state index contributed by atoms with van der Waals surface area (Å²) in [4.78, 5) is 11.1. The van der Waals surface area contributed by atoms with Gasteiger partial charge in [-0.15, -0.1) is 11.3 Å². The maximum absolute atomic E-state index is 5.67. The quantitative estimate of drug-likeness (QED) is 0.691. The molecule has 0 N–H and O–H groups in total. The number of para-hydroxylation sites is 2. The van der Waals surface area contributed by atoms with E-state index in [1.165, 1.54) is 4.88 Å². The van der Waals surface area contributed by atoms with E-state index in [1.54, 1.807) is 22.4 Å². The standard InChI is InChI=1S/C12H10N2OS/c1-2-6-12-11(5-1)13-9-14(12)15-8-10-4-3-7-16-10/h1-7,9H,8H2. The molecule has 0 aliphatic rings. The molecule has 4 heteroatoms. The molecule has 0 spiro atoms. The number of nitrogens with zero attached hydrogens (tertiary/aromatic N) is 2. The Kier molecular flexibility index (Phi) is 2.34. The Morgan fingerprint density at radius 3 is 3.00 bits per heavy atom. The van der Waals surface area contributed by atoms with Gasteiger partial charge in [0.25, 0.3) is 0 Å². The molecule has 3 nitrogen and oxygen atoms in total. The summed E-state index contributed by atoms with van der Waals surface area (Å²) in [5.41, 5.74) is 1.95. The zero-order valence-corrected chi connectivity index (χ0v) is 9.35. The van der Waals surface area contributed by atoms with E-state index in [2.05, 4.69) is 11.1 Å². The zero-order valence-electron chi connectivity index (χ0n) is 8.54. The largest absolute Gasteiger partial charge is 0.407 e. The van der Waals surface area contributed by atoms with Gasteiger partial charge in [-0.05, 0) is 23.6 Å². The van der Waals surface area contributed by atoms with Crippen LogP contribution in [0.2, 0.25) is 0 Å². The van der Waals surface area contributed by atoms with Gasteiger partial charge in [-0.1, -0.05) is 18.2 Å². The van der Waals surface area contributed by atoms with Crippen LogP contribution in [0.1, 0.15) is 4.88 Å². The second-order valence-electron chi connectivity index (χ2n) is 3.41. The van der Waals surface area contributed by atoms with Gasteiger partial charge in [-0.3, -0.25) is 0 Å². The molecule has 0 unspecified atom stereocenters. The van der Waals surface area contributed by atoms with Crippen molar-refractivity contribution in [2.45, 2.75) is 6.61 Å². The number of hydrogen-bond acceptors (Lipinski definition) is 3. The van der Waals surface area contributed by atoms with E-state index in [-0.39, 0.29) is 0 Å². The van der Waals surface area contributed by atoms with Crippen molar-refractivity contribution >= 4 is 22.4 Å². The molecule has 1 aromatic carbocycles. The van der Waals surface area contributed by atoms with Gasteiger partial charge >= 0.3 is 0 Å². The summed E-state index contributed by atoms with van der Waals surface area (Å²) in [7, 11) is 0. The molecule has 0 aliphatic carbocycles. The van der Waals surface area contributed by atoms with Gasteiger partial charge in [0, 0.05) is 4.88 Å². The van der Waals surface area contributed by atoms with Crippen LogP contribution >= 0.6 is 11.3 Å². The van der Waals surface area contributed by atoms with E-state index < -0.39 is 0 Å². The predicted octanol–water partition coefficient (Wildman–Crippen LogP) is 2.73. The first kappa shape index (κ1) is 9.42. The van der Waals surface area contributed by atoms with Crippen molar-refractivity contribution in [3.05, 3.63) is 53.0 Å². The third-order valence-corrected chi connectivity index (χ3v) is 3.20. The summed E-state index contributed by atoms with van der Waals surface area (Å²) < 4.78 is 1.72. The maximum Gasteiger partial charge on any atom is 0.149 e. The number of imidazole rings is 1. The minimum atomic E-state index is 0.581. The fourth-order valence-electron chi connectivity index (χ4n) is 1.57. The summed E-state index contributed by atoms with van der Waals surface area (Å²) in [6.45, 7) is 0.581. The number of benzene rings is 1. The minimum absolute atomic E-state index is 0.581. The molecule has 80 valence electrons. The summed E-state index contributed by atoms with van der Waals surface area (Å²) in [5.74, 6) is 0. The van der Waals surface area contributed by atoms with Crippen LogP contribution in [0.15, 0.2) is 48.1 Å². The molecule has 0 radical (unpaired) electrons. The third kappa shape index (κ3) is 1.67. The molecule has 0 saturated carbocycles. The van der Waals surface area contributed by atoms with Crippen molar-refractivity contribution in [1.29, 1.82) is 0 Å². The Morgan fingerprint density at radius 2 is 2.12 bits per heavy atom. The van der Waals surface area contributed by atoms with Crippen LogP contribution < -0.4 is 4.84 Å². The Bertz CT molecular complexity index is 586. The lowest BCUT2D eigenvalue weighted by Crippen LogP contribution is -2.08. The Labute approximate surface area is 96.9 Å². The number of hydrogen-bond donors (Lipinski definition) is 0. The van der Waals surface area contributed by atoms with Gasteiger partial charge in [-0.2, -0.15) is 4.73 Å². The second-order valence-corrected chi connectivity index (χ2v) is 4.44. The minimum Gasteiger partial charge on any atom is -0.407 e. The highest BCUT2D eigenvalue weighted by molar-refractivity contribution is 7.09. The van der Waals surface area contributed by atoms with Crippen LogP contribution in [-0.4, -0.2) is 9.71 Å². The van der Waals surface area contributed by atoms with E-state index in [9.17, 15) is 0 Å². The molecule has 3 aromatic rings. The molecule has 2 heterocycles. The number of fused-ring (bicyclic) bond motifs is 1. The van der Waals surface area contributed by atoms with E-state index >= 15 is 0 Å². The lowest BCUT2D eigenvalue weighted by Gasteiger charge is -2.05. The van der Waals surface area contributed by atoms with Crippen LogP contribution in [0.5, 0.6) is 0 Å². The summed E-state index contributed by atoms with van der Waals surface area (Å²) in [6.07, 6.45) is 1.71. The SMILES string of the molecule is c1csc(COn2cnc3ccccc32)c1.